The number of nitrogens with zero attached hydrogens (tertiary/aromatic N) is 1. The lowest BCUT2D eigenvalue weighted by atomic mass is 9.79. The van der Waals surface area contributed by atoms with Crippen molar-refractivity contribution in [3.63, 3.8) is 0 Å². The van der Waals surface area contributed by atoms with Gasteiger partial charge >= 0.3 is 6.03 Å². The molecule has 16 heavy (non-hydrogen) atoms. The van der Waals surface area contributed by atoms with Gasteiger partial charge in [0.05, 0.1) is 0 Å². The third kappa shape index (κ3) is 2.67. The average molecular weight is 226 g/mol. The van der Waals surface area contributed by atoms with E-state index in [-0.39, 0.29) is 12.6 Å². The number of amides is 2. The molecule has 1 saturated heterocycles. The van der Waals surface area contributed by atoms with E-state index in [1.165, 1.54) is 12.8 Å². The summed E-state index contributed by atoms with van der Waals surface area (Å²) in [7, 11) is 0. The average Bonchev–Trinajstić information content (AvgIpc) is 2.33. The molecule has 1 aliphatic carbocycles. The molecule has 1 aliphatic heterocycles. The number of rotatable bonds is 3. The second-order valence-electron chi connectivity index (χ2n) is 5.02. The fourth-order valence-electron chi connectivity index (χ4n) is 2.90. The molecule has 0 spiro atoms. The zero-order valence-corrected chi connectivity index (χ0v) is 9.82. The zero-order valence-electron chi connectivity index (χ0n) is 9.82. The highest BCUT2D eigenvalue weighted by Gasteiger charge is 2.28. The van der Waals surface area contributed by atoms with E-state index in [1.54, 1.807) is 0 Å². The van der Waals surface area contributed by atoms with E-state index in [0.29, 0.717) is 11.8 Å². The third-order valence-corrected chi connectivity index (χ3v) is 3.92. The van der Waals surface area contributed by atoms with Crippen molar-refractivity contribution in [1.29, 1.82) is 0 Å². The molecular weight excluding hydrogens is 204 g/mol. The van der Waals surface area contributed by atoms with Gasteiger partial charge in [-0.1, -0.05) is 12.8 Å². The minimum absolute atomic E-state index is 0.0773. The van der Waals surface area contributed by atoms with Gasteiger partial charge in [-0.25, -0.2) is 4.79 Å². The standard InChI is InChI=1S/C12H22N2O2/c15-9-11-5-2-1-4-10(11)8-14-7-3-6-13-12(14)16/h10-11,15H,1-9H2,(H,13,16). The molecule has 2 amide bonds. The van der Waals surface area contributed by atoms with Crippen LogP contribution in [0.5, 0.6) is 0 Å². The molecule has 0 radical (unpaired) electrons. The maximum atomic E-state index is 11.6. The summed E-state index contributed by atoms with van der Waals surface area (Å²) < 4.78 is 0. The van der Waals surface area contributed by atoms with Crippen LogP contribution in [-0.2, 0) is 0 Å². The van der Waals surface area contributed by atoms with Crippen molar-refractivity contribution in [3.05, 3.63) is 0 Å². The smallest absolute Gasteiger partial charge is 0.317 e. The molecule has 1 heterocycles. The molecule has 2 aliphatic rings. The highest BCUT2D eigenvalue weighted by Crippen LogP contribution is 2.30. The van der Waals surface area contributed by atoms with E-state index >= 15 is 0 Å². The quantitative estimate of drug-likeness (QED) is 0.759. The van der Waals surface area contributed by atoms with Crippen LogP contribution in [0.15, 0.2) is 0 Å². The van der Waals surface area contributed by atoms with Crippen molar-refractivity contribution < 1.29 is 9.90 Å². The van der Waals surface area contributed by atoms with Crippen molar-refractivity contribution >= 4 is 6.03 Å². The van der Waals surface area contributed by atoms with Crippen LogP contribution in [-0.4, -0.2) is 42.3 Å². The largest absolute Gasteiger partial charge is 0.396 e. The Morgan fingerprint density at radius 2 is 2.00 bits per heavy atom. The van der Waals surface area contributed by atoms with Gasteiger partial charge in [-0.2, -0.15) is 0 Å². The highest BCUT2D eigenvalue weighted by atomic mass is 16.3. The molecule has 2 atom stereocenters. The second-order valence-corrected chi connectivity index (χ2v) is 5.02. The molecule has 2 rings (SSSR count). The van der Waals surface area contributed by atoms with Crippen molar-refractivity contribution in [3.8, 4) is 0 Å². The Morgan fingerprint density at radius 1 is 1.25 bits per heavy atom. The van der Waals surface area contributed by atoms with Gasteiger partial charge in [0.2, 0.25) is 0 Å². The second kappa shape index (κ2) is 5.53. The molecule has 92 valence electrons. The van der Waals surface area contributed by atoms with Crippen LogP contribution in [0.25, 0.3) is 0 Å². The number of carbonyl (C=O) groups excluding carboxylic acids is 1. The summed E-state index contributed by atoms with van der Waals surface area (Å²) in [5.41, 5.74) is 0. The highest BCUT2D eigenvalue weighted by molar-refractivity contribution is 5.74. The van der Waals surface area contributed by atoms with Crippen LogP contribution in [0, 0.1) is 11.8 Å². The first-order valence-corrected chi connectivity index (χ1v) is 6.45. The molecule has 4 heteroatoms. The summed E-state index contributed by atoms with van der Waals surface area (Å²) in [4.78, 5) is 13.5. The molecule has 2 unspecified atom stereocenters. The number of nitrogens with one attached hydrogen (secondary N) is 1. The predicted octanol–water partition coefficient (Wildman–Crippen LogP) is 1.20. The fourth-order valence-corrected chi connectivity index (χ4v) is 2.90. The van der Waals surface area contributed by atoms with Gasteiger partial charge in [-0.15, -0.1) is 0 Å². The maximum Gasteiger partial charge on any atom is 0.317 e. The van der Waals surface area contributed by atoms with E-state index in [2.05, 4.69) is 5.32 Å². The summed E-state index contributed by atoms with van der Waals surface area (Å²) in [5, 5.41) is 12.2. The molecule has 2 N–H and O–H groups in total. The Morgan fingerprint density at radius 3 is 2.69 bits per heavy atom. The van der Waals surface area contributed by atoms with Gasteiger partial charge in [-0.05, 0) is 31.1 Å². The summed E-state index contributed by atoms with van der Waals surface area (Å²) >= 11 is 0. The van der Waals surface area contributed by atoms with E-state index < -0.39 is 0 Å². The van der Waals surface area contributed by atoms with E-state index in [1.807, 2.05) is 4.90 Å². The Balaban J connectivity index is 1.88. The molecular formula is C12H22N2O2. The van der Waals surface area contributed by atoms with Gasteiger partial charge in [0, 0.05) is 26.2 Å². The predicted molar refractivity (Wildman–Crippen MR) is 62.1 cm³/mol. The minimum atomic E-state index is 0.0773. The Hall–Kier alpha value is -0.770. The first-order chi connectivity index (χ1) is 7.81. The van der Waals surface area contributed by atoms with Crippen LogP contribution in [0.4, 0.5) is 4.79 Å². The minimum Gasteiger partial charge on any atom is -0.396 e. The van der Waals surface area contributed by atoms with Gasteiger partial charge in [-0.3, -0.25) is 0 Å². The fraction of sp³-hybridized carbons (Fsp3) is 0.917. The lowest BCUT2D eigenvalue weighted by Gasteiger charge is -2.36. The Bertz CT molecular complexity index is 245. The van der Waals surface area contributed by atoms with Gasteiger partial charge in [0.1, 0.15) is 0 Å². The van der Waals surface area contributed by atoms with Crippen molar-refractivity contribution in [2.24, 2.45) is 11.8 Å². The summed E-state index contributed by atoms with van der Waals surface area (Å²) in [6.45, 7) is 2.79. The molecule has 4 nitrogen and oxygen atoms in total. The molecule has 1 saturated carbocycles. The normalized spacial score (nSPS) is 31.3. The molecule has 0 aromatic heterocycles. The van der Waals surface area contributed by atoms with Crippen LogP contribution < -0.4 is 5.32 Å². The maximum absolute atomic E-state index is 11.6. The van der Waals surface area contributed by atoms with E-state index in [4.69, 9.17) is 0 Å². The number of urea groups is 1. The van der Waals surface area contributed by atoms with Gasteiger partial charge in [0.15, 0.2) is 0 Å². The van der Waals surface area contributed by atoms with Crippen LogP contribution in [0.3, 0.4) is 0 Å². The molecule has 2 fully saturated rings. The number of carbonyl (C=O) groups is 1. The van der Waals surface area contributed by atoms with Crippen LogP contribution in [0.1, 0.15) is 32.1 Å². The number of hydrogen-bond donors (Lipinski definition) is 2. The van der Waals surface area contributed by atoms with Crippen molar-refractivity contribution in [2.75, 3.05) is 26.2 Å². The molecule has 0 bridgehead atoms. The third-order valence-electron chi connectivity index (χ3n) is 3.92. The van der Waals surface area contributed by atoms with Crippen molar-refractivity contribution in [1.82, 2.24) is 10.2 Å². The van der Waals surface area contributed by atoms with E-state index in [0.717, 1.165) is 38.9 Å². The number of hydrogen-bond acceptors (Lipinski definition) is 2. The van der Waals surface area contributed by atoms with Gasteiger partial charge < -0.3 is 15.3 Å². The first-order valence-electron chi connectivity index (χ1n) is 6.45. The number of aliphatic hydroxyl groups excluding tert-OH is 1. The van der Waals surface area contributed by atoms with Crippen molar-refractivity contribution in [2.45, 2.75) is 32.1 Å². The first kappa shape index (κ1) is 11.7. The Kier molecular flexibility index (Phi) is 4.04. The topological polar surface area (TPSA) is 52.6 Å². The molecule has 0 aromatic rings. The zero-order chi connectivity index (χ0) is 11.4. The van der Waals surface area contributed by atoms with Crippen LogP contribution in [0.2, 0.25) is 0 Å². The summed E-state index contributed by atoms with van der Waals surface area (Å²) in [6.07, 6.45) is 5.80. The number of aliphatic hydroxyl groups is 1. The lowest BCUT2D eigenvalue weighted by Crippen LogP contribution is -2.49. The summed E-state index contributed by atoms with van der Waals surface area (Å²) in [5.74, 6) is 0.908. The van der Waals surface area contributed by atoms with Gasteiger partial charge in [0.25, 0.3) is 0 Å². The summed E-state index contributed by atoms with van der Waals surface area (Å²) in [6, 6.07) is 0.0773. The molecule has 0 aromatic carbocycles. The monoisotopic (exact) mass is 226 g/mol. The van der Waals surface area contributed by atoms with E-state index in [9.17, 15) is 9.90 Å². The Labute approximate surface area is 97.0 Å². The van der Waals surface area contributed by atoms with Crippen LogP contribution >= 0.6 is 0 Å². The SMILES string of the molecule is O=C1NCCCN1CC1CCCCC1CO. The lowest BCUT2D eigenvalue weighted by molar-refractivity contribution is 0.102.